The Morgan fingerprint density at radius 2 is 1.22 bits per heavy atom. The first-order chi connectivity index (χ1) is 8.56. The zero-order valence-electron chi connectivity index (χ0n) is 10.8. The van der Waals surface area contributed by atoms with Crippen LogP contribution in [0.2, 0.25) is 0 Å². The lowest BCUT2D eigenvalue weighted by Gasteiger charge is -2.41. The van der Waals surface area contributed by atoms with Crippen LogP contribution in [0.3, 0.4) is 0 Å². The quantitative estimate of drug-likeness (QED) is 0.612. The summed E-state index contributed by atoms with van der Waals surface area (Å²) in [6.07, 6.45) is 9.68. The molecule has 2 heteroatoms. The van der Waals surface area contributed by atoms with Gasteiger partial charge in [0.15, 0.2) is 11.6 Å². The van der Waals surface area contributed by atoms with Gasteiger partial charge in [-0.3, -0.25) is 9.59 Å². The number of allylic oxidation sites excluding steroid dienone is 6. The molecule has 0 aromatic heterocycles. The second-order valence-electron chi connectivity index (χ2n) is 5.96. The Bertz CT molecular complexity index is 461. The van der Waals surface area contributed by atoms with Crippen molar-refractivity contribution >= 4 is 11.6 Å². The number of carbonyl (C=O) groups is 2. The topological polar surface area (TPSA) is 34.1 Å². The highest BCUT2D eigenvalue weighted by Crippen LogP contribution is 2.45. The molecule has 0 aromatic rings. The molecule has 4 atom stereocenters. The van der Waals surface area contributed by atoms with Gasteiger partial charge < -0.3 is 0 Å². The molecule has 0 bridgehead atoms. The molecule has 3 aliphatic carbocycles. The molecular weight excluding hydrogens is 224 g/mol. The van der Waals surface area contributed by atoms with Crippen LogP contribution in [0.15, 0.2) is 35.5 Å². The van der Waals surface area contributed by atoms with E-state index in [1.807, 2.05) is 13.8 Å². The predicted molar refractivity (Wildman–Crippen MR) is 69.9 cm³/mol. The third-order valence-electron chi connectivity index (χ3n) is 4.46. The Balaban J connectivity index is 2.01. The van der Waals surface area contributed by atoms with Crippen molar-refractivity contribution in [2.45, 2.75) is 26.7 Å². The first-order valence-corrected chi connectivity index (χ1v) is 6.66. The lowest BCUT2D eigenvalue weighted by atomic mass is 9.61. The van der Waals surface area contributed by atoms with Crippen LogP contribution >= 0.6 is 0 Å². The van der Waals surface area contributed by atoms with E-state index in [2.05, 4.69) is 12.2 Å². The first kappa shape index (κ1) is 11.6. The van der Waals surface area contributed by atoms with E-state index in [0.717, 1.165) is 24.0 Å². The molecular formula is C16H18O2. The van der Waals surface area contributed by atoms with E-state index in [1.165, 1.54) is 0 Å². The zero-order chi connectivity index (χ0) is 12.9. The molecule has 0 N–H and O–H groups in total. The van der Waals surface area contributed by atoms with Crippen molar-refractivity contribution in [3.63, 3.8) is 0 Å². The molecule has 2 nitrogen and oxygen atoms in total. The fraction of sp³-hybridized carbons (Fsp3) is 0.500. The summed E-state index contributed by atoms with van der Waals surface area (Å²) in [6.45, 7) is 4.00. The van der Waals surface area contributed by atoms with Crippen molar-refractivity contribution in [2.75, 3.05) is 0 Å². The van der Waals surface area contributed by atoms with Gasteiger partial charge in [0, 0.05) is 11.8 Å². The molecule has 3 rings (SSSR count). The minimum absolute atomic E-state index is 0.111. The summed E-state index contributed by atoms with van der Waals surface area (Å²) in [7, 11) is 0. The Morgan fingerprint density at radius 1 is 0.833 bits per heavy atom. The number of fused-ring (bicyclic) bond motifs is 3. The summed E-state index contributed by atoms with van der Waals surface area (Å²) in [5, 5.41) is 0. The molecule has 2 unspecified atom stereocenters. The van der Waals surface area contributed by atoms with Crippen LogP contribution in [0.25, 0.3) is 0 Å². The smallest absolute Gasteiger partial charge is 0.160 e. The van der Waals surface area contributed by atoms with E-state index in [1.54, 1.807) is 12.2 Å². The van der Waals surface area contributed by atoms with Gasteiger partial charge in [0.25, 0.3) is 0 Å². The van der Waals surface area contributed by atoms with Crippen LogP contribution in [0.1, 0.15) is 26.7 Å². The van der Waals surface area contributed by atoms with Crippen LogP contribution < -0.4 is 0 Å². The monoisotopic (exact) mass is 242 g/mol. The summed E-state index contributed by atoms with van der Waals surface area (Å²) in [5.74, 6) is 0.564. The molecule has 0 radical (unpaired) electrons. The van der Waals surface area contributed by atoms with Gasteiger partial charge in [-0.2, -0.15) is 0 Å². The summed E-state index contributed by atoms with van der Waals surface area (Å²) in [6, 6.07) is 0. The van der Waals surface area contributed by atoms with Gasteiger partial charge in [-0.05, 0) is 50.7 Å². The predicted octanol–water partition coefficient (Wildman–Crippen LogP) is 2.86. The van der Waals surface area contributed by atoms with Crippen LogP contribution in [0, 0.1) is 23.7 Å². The summed E-state index contributed by atoms with van der Waals surface area (Å²) in [5.41, 5.74) is 2.28. The van der Waals surface area contributed by atoms with E-state index in [-0.39, 0.29) is 35.2 Å². The number of hydrogen-bond acceptors (Lipinski definition) is 2. The fourth-order valence-electron chi connectivity index (χ4n) is 3.76. The molecule has 94 valence electrons. The normalized spacial score (nSPS) is 38.8. The highest BCUT2D eigenvalue weighted by Gasteiger charge is 2.45. The van der Waals surface area contributed by atoms with E-state index in [4.69, 9.17) is 0 Å². The summed E-state index contributed by atoms with van der Waals surface area (Å²) in [4.78, 5) is 24.5. The first-order valence-electron chi connectivity index (χ1n) is 6.66. The van der Waals surface area contributed by atoms with E-state index in [9.17, 15) is 9.59 Å². The minimum atomic E-state index is -0.111. The van der Waals surface area contributed by atoms with E-state index < -0.39 is 0 Å². The standard InChI is InChI=1S/C16H18O2/c1-9-5-11-3-4-12-6-10(2)8-14(18)16(12)15(11)13(17)7-9/h3-4,7-8,11-12,15-16H,5-6H2,1-2H3/t11-,12?,15?,16+/m0/s1. The van der Waals surface area contributed by atoms with Crippen molar-refractivity contribution in [2.24, 2.45) is 23.7 Å². The maximum atomic E-state index is 12.2. The summed E-state index contributed by atoms with van der Waals surface area (Å²) >= 11 is 0. The average Bonchev–Trinajstić information content (AvgIpc) is 2.28. The molecule has 0 heterocycles. The molecule has 0 saturated carbocycles. The zero-order valence-corrected chi connectivity index (χ0v) is 10.8. The summed E-state index contributed by atoms with van der Waals surface area (Å²) < 4.78 is 0. The van der Waals surface area contributed by atoms with Gasteiger partial charge >= 0.3 is 0 Å². The highest BCUT2D eigenvalue weighted by atomic mass is 16.1. The second-order valence-corrected chi connectivity index (χ2v) is 5.96. The molecule has 0 fully saturated rings. The lowest BCUT2D eigenvalue weighted by molar-refractivity contribution is -0.131. The molecule has 0 amide bonds. The van der Waals surface area contributed by atoms with Crippen molar-refractivity contribution in [1.29, 1.82) is 0 Å². The maximum Gasteiger partial charge on any atom is 0.160 e. The average molecular weight is 242 g/mol. The third-order valence-corrected chi connectivity index (χ3v) is 4.46. The van der Waals surface area contributed by atoms with Gasteiger partial charge in [0.05, 0.1) is 0 Å². The van der Waals surface area contributed by atoms with Gasteiger partial charge in [-0.25, -0.2) is 0 Å². The van der Waals surface area contributed by atoms with Gasteiger partial charge in [-0.15, -0.1) is 0 Å². The van der Waals surface area contributed by atoms with Gasteiger partial charge in [0.2, 0.25) is 0 Å². The lowest BCUT2D eigenvalue weighted by Crippen LogP contribution is -2.43. The molecule has 0 aromatic carbocycles. The molecule has 18 heavy (non-hydrogen) atoms. The van der Waals surface area contributed by atoms with Crippen LogP contribution in [0.5, 0.6) is 0 Å². The van der Waals surface area contributed by atoms with Crippen molar-refractivity contribution in [3.05, 3.63) is 35.5 Å². The van der Waals surface area contributed by atoms with Crippen LogP contribution in [-0.2, 0) is 9.59 Å². The van der Waals surface area contributed by atoms with Gasteiger partial charge in [-0.1, -0.05) is 23.3 Å². The number of rotatable bonds is 0. The molecule has 0 saturated heterocycles. The van der Waals surface area contributed by atoms with Crippen molar-refractivity contribution < 1.29 is 9.59 Å². The van der Waals surface area contributed by atoms with Gasteiger partial charge in [0.1, 0.15) is 0 Å². The SMILES string of the molecule is CC1=CC(=O)[C@H]2C(C=C[C@H]3CC(C)=CC(=O)C23)C1. The Morgan fingerprint density at radius 3 is 1.61 bits per heavy atom. The minimum Gasteiger partial charge on any atom is -0.294 e. The largest absolute Gasteiger partial charge is 0.294 e. The molecule has 3 aliphatic rings. The Kier molecular flexibility index (Phi) is 2.61. The molecule has 0 aliphatic heterocycles. The van der Waals surface area contributed by atoms with E-state index >= 15 is 0 Å². The Labute approximate surface area is 107 Å². The third kappa shape index (κ3) is 1.71. The molecule has 0 spiro atoms. The second kappa shape index (κ2) is 4.04. The number of carbonyl (C=O) groups excluding carboxylic acids is 2. The van der Waals surface area contributed by atoms with Crippen LogP contribution in [-0.4, -0.2) is 11.6 Å². The number of ketones is 2. The van der Waals surface area contributed by atoms with Crippen molar-refractivity contribution in [3.8, 4) is 0 Å². The van der Waals surface area contributed by atoms with Crippen molar-refractivity contribution in [1.82, 2.24) is 0 Å². The number of hydrogen-bond donors (Lipinski definition) is 0. The van der Waals surface area contributed by atoms with Crippen LogP contribution in [0.4, 0.5) is 0 Å². The van der Waals surface area contributed by atoms with E-state index in [0.29, 0.717) is 0 Å². The Hall–Kier alpha value is -1.44. The highest BCUT2D eigenvalue weighted by molar-refractivity contribution is 6.02. The fourth-order valence-corrected chi connectivity index (χ4v) is 3.76. The maximum absolute atomic E-state index is 12.2.